The highest BCUT2D eigenvalue weighted by Gasteiger charge is 2.01. The van der Waals surface area contributed by atoms with Gasteiger partial charge in [0.15, 0.2) is 0 Å². The number of guanidine groups is 1. The summed E-state index contributed by atoms with van der Waals surface area (Å²) in [7, 11) is 0. The number of halogens is 2. The fourth-order valence-corrected chi connectivity index (χ4v) is 1.28. The van der Waals surface area contributed by atoms with Gasteiger partial charge >= 0.3 is 6.16 Å². The monoisotopic (exact) mass is 292 g/mol. The highest BCUT2D eigenvalue weighted by molar-refractivity contribution is 6.38. The van der Waals surface area contributed by atoms with E-state index in [2.05, 4.69) is 10.2 Å². The van der Waals surface area contributed by atoms with Gasteiger partial charge in [-0.2, -0.15) is 5.10 Å². The van der Waals surface area contributed by atoms with E-state index in [0.29, 0.717) is 15.6 Å². The summed E-state index contributed by atoms with van der Waals surface area (Å²) in [5.74, 6) is -0.121. The predicted octanol–water partition coefficient (Wildman–Crippen LogP) is 1.82. The Hall–Kier alpha value is -1.99. The van der Waals surface area contributed by atoms with Crippen molar-refractivity contribution in [2.45, 2.75) is 0 Å². The van der Waals surface area contributed by atoms with E-state index >= 15 is 0 Å². The molecule has 0 heterocycles. The highest BCUT2D eigenvalue weighted by Crippen LogP contribution is 2.22. The Morgan fingerprint density at radius 1 is 1.22 bits per heavy atom. The van der Waals surface area contributed by atoms with Crippen LogP contribution in [0.3, 0.4) is 0 Å². The minimum atomic E-state index is -1.83. The molecule has 0 aliphatic heterocycles. The van der Waals surface area contributed by atoms with Crippen molar-refractivity contribution in [3.63, 3.8) is 0 Å². The van der Waals surface area contributed by atoms with Gasteiger partial charge in [-0.3, -0.25) is 0 Å². The van der Waals surface area contributed by atoms with Gasteiger partial charge in [-0.1, -0.05) is 29.3 Å². The van der Waals surface area contributed by atoms with Crippen LogP contribution >= 0.6 is 23.2 Å². The molecule has 98 valence electrons. The summed E-state index contributed by atoms with van der Waals surface area (Å²) < 4.78 is 0. The molecule has 0 atom stereocenters. The maximum atomic E-state index is 8.56. The number of benzene rings is 1. The molecule has 0 unspecified atom stereocenters. The molecule has 9 heteroatoms. The predicted molar refractivity (Wildman–Crippen MR) is 70.5 cm³/mol. The first kappa shape index (κ1) is 16.0. The smallest absolute Gasteiger partial charge is 0.450 e. The topological polar surface area (TPSA) is 134 Å². The lowest BCUT2D eigenvalue weighted by atomic mass is 10.2. The quantitative estimate of drug-likeness (QED) is 0.375. The van der Waals surface area contributed by atoms with E-state index in [1.807, 2.05) is 0 Å². The third kappa shape index (κ3) is 7.31. The lowest BCUT2D eigenvalue weighted by molar-refractivity contribution is 0.137. The van der Waals surface area contributed by atoms with Gasteiger partial charge in [0.2, 0.25) is 5.96 Å². The average molecular weight is 293 g/mol. The van der Waals surface area contributed by atoms with Crippen LogP contribution in [0.4, 0.5) is 4.79 Å². The van der Waals surface area contributed by atoms with Crippen molar-refractivity contribution in [1.29, 1.82) is 0 Å². The van der Waals surface area contributed by atoms with Crippen LogP contribution in [-0.4, -0.2) is 28.5 Å². The Bertz CT molecular complexity index is 449. The SMILES string of the molecule is NC(N)=N/N=C/c1c(Cl)cccc1Cl.O=C(O)O. The van der Waals surface area contributed by atoms with Crippen LogP contribution in [0.25, 0.3) is 0 Å². The van der Waals surface area contributed by atoms with Crippen molar-refractivity contribution < 1.29 is 15.0 Å². The largest absolute Gasteiger partial charge is 0.503 e. The Kier molecular flexibility index (Phi) is 7.25. The third-order valence-corrected chi connectivity index (χ3v) is 2.02. The summed E-state index contributed by atoms with van der Waals surface area (Å²) in [5.41, 5.74) is 10.7. The normalized spacial score (nSPS) is 9.44. The van der Waals surface area contributed by atoms with Gasteiger partial charge in [0.1, 0.15) is 0 Å². The average Bonchev–Trinajstić information content (AvgIpc) is 2.21. The molecule has 0 saturated heterocycles. The second-order valence-electron chi connectivity index (χ2n) is 2.69. The number of carboxylic acid groups (broad SMARTS) is 2. The Balaban J connectivity index is 0.000000631. The minimum absolute atomic E-state index is 0.121. The zero-order valence-electron chi connectivity index (χ0n) is 8.92. The van der Waals surface area contributed by atoms with E-state index in [1.165, 1.54) is 6.21 Å². The highest BCUT2D eigenvalue weighted by atomic mass is 35.5. The summed E-state index contributed by atoms with van der Waals surface area (Å²) in [4.78, 5) is 8.56. The number of hydrogen-bond donors (Lipinski definition) is 4. The molecule has 0 bridgehead atoms. The molecule has 0 aromatic heterocycles. The zero-order chi connectivity index (χ0) is 14.1. The summed E-state index contributed by atoms with van der Waals surface area (Å²) >= 11 is 11.7. The Labute approximate surface area is 112 Å². The second-order valence-corrected chi connectivity index (χ2v) is 3.50. The molecule has 1 aromatic carbocycles. The van der Waals surface area contributed by atoms with E-state index in [9.17, 15) is 0 Å². The second kappa shape index (κ2) is 8.15. The Morgan fingerprint density at radius 3 is 2.06 bits per heavy atom. The lowest BCUT2D eigenvalue weighted by Gasteiger charge is -1.98. The van der Waals surface area contributed by atoms with Gasteiger partial charge in [0.05, 0.1) is 16.3 Å². The van der Waals surface area contributed by atoms with Crippen molar-refractivity contribution in [2.24, 2.45) is 21.7 Å². The van der Waals surface area contributed by atoms with Crippen molar-refractivity contribution in [3.05, 3.63) is 33.8 Å². The van der Waals surface area contributed by atoms with Crippen molar-refractivity contribution >= 4 is 41.5 Å². The standard InChI is InChI=1S/C8H8Cl2N4.CH2O3/c9-6-2-1-3-7(10)5(6)4-13-14-8(11)12;2-1(3)4/h1-4H,(H4,11,12,14);(H2,2,3,4)/b13-4+;. The summed E-state index contributed by atoms with van der Waals surface area (Å²) in [6, 6.07) is 5.14. The maximum Gasteiger partial charge on any atom is 0.503 e. The summed E-state index contributed by atoms with van der Waals surface area (Å²) in [6.45, 7) is 0. The van der Waals surface area contributed by atoms with E-state index in [-0.39, 0.29) is 5.96 Å². The van der Waals surface area contributed by atoms with Crippen LogP contribution in [0.1, 0.15) is 5.56 Å². The number of nitrogens with two attached hydrogens (primary N) is 2. The Morgan fingerprint density at radius 2 is 1.67 bits per heavy atom. The van der Waals surface area contributed by atoms with E-state index in [0.717, 1.165) is 0 Å². The molecule has 0 fully saturated rings. The fourth-order valence-electron chi connectivity index (χ4n) is 0.787. The number of nitrogens with zero attached hydrogens (tertiary/aromatic N) is 2. The lowest BCUT2D eigenvalue weighted by Crippen LogP contribution is -2.21. The molecule has 1 aromatic rings. The van der Waals surface area contributed by atoms with Crippen molar-refractivity contribution in [2.75, 3.05) is 0 Å². The maximum absolute atomic E-state index is 8.56. The summed E-state index contributed by atoms with van der Waals surface area (Å²) in [5, 5.41) is 22.0. The van der Waals surface area contributed by atoms with Crippen LogP contribution < -0.4 is 11.5 Å². The molecule has 1 rings (SSSR count). The van der Waals surface area contributed by atoms with Gasteiger partial charge < -0.3 is 21.7 Å². The first-order valence-corrected chi connectivity index (χ1v) is 5.08. The van der Waals surface area contributed by atoms with Gasteiger partial charge in [-0.05, 0) is 12.1 Å². The van der Waals surface area contributed by atoms with Gasteiger partial charge in [0.25, 0.3) is 0 Å². The van der Waals surface area contributed by atoms with Crippen molar-refractivity contribution in [1.82, 2.24) is 0 Å². The molecule has 6 N–H and O–H groups in total. The molecule has 0 radical (unpaired) electrons. The van der Waals surface area contributed by atoms with Crippen LogP contribution in [0.5, 0.6) is 0 Å². The first-order valence-electron chi connectivity index (χ1n) is 4.32. The van der Waals surface area contributed by atoms with Crippen LogP contribution in [0.15, 0.2) is 28.4 Å². The van der Waals surface area contributed by atoms with Gasteiger partial charge in [-0.25, -0.2) is 4.79 Å². The molecule has 0 saturated carbocycles. The molecule has 0 spiro atoms. The summed E-state index contributed by atoms with van der Waals surface area (Å²) in [6.07, 6.45) is -0.440. The number of hydrogen-bond acceptors (Lipinski definition) is 3. The molecular weight excluding hydrogens is 283 g/mol. The van der Waals surface area contributed by atoms with E-state index < -0.39 is 6.16 Å². The van der Waals surface area contributed by atoms with Crippen molar-refractivity contribution in [3.8, 4) is 0 Å². The third-order valence-electron chi connectivity index (χ3n) is 1.36. The molecule has 0 aliphatic carbocycles. The first-order chi connectivity index (χ1) is 8.34. The molecule has 0 aliphatic rings. The molecule has 18 heavy (non-hydrogen) atoms. The fraction of sp³-hybridized carbons (Fsp3) is 0. The van der Waals surface area contributed by atoms with E-state index in [4.69, 9.17) is 49.7 Å². The van der Waals surface area contributed by atoms with Crippen LogP contribution in [0, 0.1) is 0 Å². The number of carbonyl (C=O) groups is 1. The van der Waals surface area contributed by atoms with Gasteiger partial charge in [-0.15, -0.1) is 5.10 Å². The van der Waals surface area contributed by atoms with Crippen LogP contribution in [-0.2, 0) is 0 Å². The van der Waals surface area contributed by atoms with E-state index in [1.54, 1.807) is 18.2 Å². The van der Waals surface area contributed by atoms with Gasteiger partial charge in [0, 0.05) is 5.56 Å². The molecule has 7 nitrogen and oxygen atoms in total. The zero-order valence-corrected chi connectivity index (χ0v) is 10.4. The van der Waals surface area contributed by atoms with Crippen LogP contribution in [0.2, 0.25) is 10.0 Å². The molecule has 0 amide bonds. The minimum Gasteiger partial charge on any atom is -0.450 e. The number of rotatable bonds is 2. The molecular formula is C9H10Cl2N4O3.